The van der Waals surface area contributed by atoms with E-state index in [1.54, 1.807) is 19.1 Å². The van der Waals surface area contributed by atoms with Crippen molar-refractivity contribution in [1.29, 1.82) is 0 Å². The molecule has 3 aromatic carbocycles. The molecule has 1 nitrogen and oxygen atoms in total. The maximum Gasteiger partial charge on any atom is 0.416 e. The molecule has 0 heterocycles. The first-order valence-electron chi connectivity index (χ1n) is 17.4. The van der Waals surface area contributed by atoms with Gasteiger partial charge in [-0.1, -0.05) is 123 Å². The summed E-state index contributed by atoms with van der Waals surface area (Å²) in [4.78, 5) is 11.5. The van der Waals surface area contributed by atoms with Crippen LogP contribution in [0.15, 0.2) is 72.3 Å². The average Bonchev–Trinajstić information content (AvgIpc) is 3.03. The molecule has 0 atom stereocenters. The van der Waals surface area contributed by atoms with Crippen molar-refractivity contribution in [1.82, 2.24) is 0 Å². The summed E-state index contributed by atoms with van der Waals surface area (Å²) < 4.78 is 48.3. The minimum Gasteiger partial charge on any atom is -0.295 e. The Kier molecular flexibility index (Phi) is 22.4. The highest BCUT2D eigenvalue weighted by Crippen LogP contribution is 2.29. The van der Waals surface area contributed by atoms with E-state index in [-0.39, 0.29) is 11.6 Å². The van der Waals surface area contributed by atoms with E-state index >= 15 is 0 Å². The van der Waals surface area contributed by atoms with Gasteiger partial charge in [-0.25, -0.2) is 4.39 Å². The van der Waals surface area contributed by atoms with Crippen LogP contribution in [0.4, 0.5) is 17.6 Å². The van der Waals surface area contributed by atoms with Crippen LogP contribution in [-0.4, -0.2) is 5.78 Å². The summed E-state index contributed by atoms with van der Waals surface area (Å²) in [5.41, 5.74) is 7.68. The number of carbonyl (C=O) groups is 1. The van der Waals surface area contributed by atoms with E-state index in [1.807, 2.05) is 19.9 Å². The maximum absolute atomic E-state index is 12.2. The van der Waals surface area contributed by atoms with Crippen molar-refractivity contribution < 1.29 is 22.4 Å². The Labute approximate surface area is 283 Å². The number of hydrogen-bond acceptors (Lipinski definition) is 1. The van der Waals surface area contributed by atoms with Crippen LogP contribution in [0.25, 0.3) is 5.57 Å². The number of rotatable bonds is 11. The number of carbonyl (C=O) groups excluding carboxylic acids is 1. The molecular weight excluding hydrogens is 596 g/mol. The van der Waals surface area contributed by atoms with Crippen molar-refractivity contribution in [3.63, 3.8) is 0 Å². The van der Waals surface area contributed by atoms with Crippen LogP contribution in [0.5, 0.6) is 0 Å². The summed E-state index contributed by atoms with van der Waals surface area (Å²) in [5, 5.41) is 0. The summed E-state index contributed by atoms with van der Waals surface area (Å²) in [5.74, 6) is 0.942. The maximum atomic E-state index is 12.2. The largest absolute Gasteiger partial charge is 0.416 e. The zero-order valence-corrected chi connectivity index (χ0v) is 30.7. The molecule has 3 aromatic rings. The fraction of sp³-hybridized carbons (Fsp3) is 0.500. The van der Waals surface area contributed by atoms with Crippen molar-refractivity contribution in [2.45, 2.75) is 133 Å². The van der Waals surface area contributed by atoms with Crippen LogP contribution in [0, 0.1) is 18.7 Å². The minimum atomic E-state index is -4.22. The molecule has 0 amide bonds. The molecule has 0 aromatic heterocycles. The molecule has 0 saturated heterocycles. The van der Waals surface area contributed by atoms with Gasteiger partial charge >= 0.3 is 6.18 Å². The lowest BCUT2D eigenvalue weighted by Gasteiger charge is -2.14. The van der Waals surface area contributed by atoms with Gasteiger partial charge in [0, 0.05) is 5.56 Å². The molecule has 0 saturated carbocycles. The van der Waals surface area contributed by atoms with E-state index in [0.717, 1.165) is 54.9 Å². The Balaban J connectivity index is 0.000000635. The Morgan fingerprint density at radius 1 is 0.723 bits per heavy atom. The van der Waals surface area contributed by atoms with Crippen LogP contribution in [0.2, 0.25) is 0 Å². The molecule has 5 heteroatoms. The number of Topliss-reactive ketones (excluding diaryl/α,β-unsaturated/α-hetero) is 1. The highest BCUT2D eigenvalue weighted by Gasteiger charge is 2.29. The first-order chi connectivity index (χ1) is 22.2. The molecule has 0 fully saturated rings. The fourth-order valence-corrected chi connectivity index (χ4v) is 5.19. The topological polar surface area (TPSA) is 17.1 Å². The van der Waals surface area contributed by atoms with Gasteiger partial charge < -0.3 is 0 Å². The van der Waals surface area contributed by atoms with Gasteiger partial charge in [0.1, 0.15) is 5.82 Å². The molecule has 0 radical (unpaired) electrons. The monoisotopic (exact) mass is 656 g/mol. The molecule has 0 N–H and O–H groups in total. The van der Waals surface area contributed by atoms with E-state index in [4.69, 9.17) is 0 Å². The summed E-state index contributed by atoms with van der Waals surface area (Å²) in [6.07, 6.45) is 6.36. The number of aryl methyl sites for hydroxylation is 3. The summed E-state index contributed by atoms with van der Waals surface area (Å²) in [6.45, 7) is 21.2. The van der Waals surface area contributed by atoms with Crippen LogP contribution < -0.4 is 0 Å². The Bertz CT molecular complexity index is 1300. The number of benzene rings is 3. The summed E-state index contributed by atoms with van der Waals surface area (Å²) in [7, 11) is 0. The van der Waals surface area contributed by atoms with Crippen molar-refractivity contribution >= 4 is 11.4 Å². The standard InChI is InChI=1S/C17H24O.C9H9F3.C8H9F.C8H18/c1-6-8-12(3)16(7-2)17-11-15(14(5)18)10-9-13(17)4;1-2-7-3-5-8(6-4-7)9(10,11)12;1-2-7-3-5-8(9)6-4-7;1-4-6-8(3)7-5-2/h9-11H,6-8H2,1-5H3;3-6H,2H2,1H3;3-6H,2H2,1H3;8H,4-7H2,1-3H3/b16-12+;;;. The van der Waals surface area contributed by atoms with E-state index < -0.39 is 11.7 Å². The lowest BCUT2D eigenvalue weighted by Crippen LogP contribution is -2.04. The molecule has 0 aliphatic carbocycles. The highest BCUT2D eigenvalue weighted by molar-refractivity contribution is 5.95. The number of halogens is 4. The molecule has 47 heavy (non-hydrogen) atoms. The number of alkyl halides is 3. The van der Waals surface area contributed by atoms with Gasteiger partial charge in [-0.3, -0.25) is 4.79 Å². The van der Waals surface area contributed by atoms with E-state index in [2.05, 4.69) is 60.6 Å². The molecule has 0 bridgehead atoms. The van der Waals surface area contributed by atoms with Crippen molar-refractivity contribution in [3.05, 3.63) is 112 Å². The third-order valence-electron chi connectivity index (χ3n) is 8.04. The quantitative estimate of drug-likeness (QED) is 0.148. The second kappa shape index (κ2) is 24.0. The van der Waals surface area contributed by atoms with Crippen molar-refractivity contribution in [2.24, 2.45) is 5.92 Å². The molecule has 0 unspecified atom stereocenters. The lowest BCUT2D eigenvalue weighted by molar-refractivity contribution is -0.137. The molecule has 0 spiro atoms. The Morgan fingerprint density at radius 3 is 1.60 bits per heavy atom. The summed E-state index contributed by atoms with van der Waals surface area (Å²) >= 11 is 0. The van der Waals surface area contributed by atoms with Gasteiger partial charge in [0.15, 0.2) is 5.78 Å². The van der Waals surface area contributed by atoms with Crippen molar-refractivity contribution in [2.75, 3.05) is 0 Å². The van der Waals surface area contributed by atoms with Crippen LogP contribution in [0.1, 0.15) is 145 Å². The third-order valence-corrected chi connectivity index (χ3v) is 8.04. The average molecular weight is 657 g/mol. The van der Waals surface area contributed by atoms with Gasteiger partial charge in [0.2, 0.25) is 0 Å². The third kappa shape index (κ3) is 18.1. The number of hydrogen-bond donors (Lipinski definition) is 0. The van der Waals surface area contributed by atoms with E-state index in [9.17, 15) is 22.4 Å². The smallest absolute Gasteiger partial charge is 0.295 e. The van der Waals surface area contributed by atoms with Crippen LogP contribution in [0.3, 0.4) is 0 Å². The number of ketones is 1. The Morgan fingerprint density at radius 2 is 1.21 bits per heavy atom. The zero-order valence-electron chi connectivity index (χ0n) is 30.7. The van der Waals surface area contributed by atoms with E-state index in [0.29, 0.717) is 0 Å². The molecule has 0 aliphatic rings. The second-order valence-electron chi connectivity index (χ2n) is 12.2. The SMILES string of the molecule is CCC/C(C)=C(\CC)c1cc(C(C)=O)ccc1C.CCCC(C)CCC.CCc1ccc(C(F)(F)F)cc1.CCc1ccc(F)cc1. The highest BCUT2D eigenvalue weighted by atomic mass is 19.4. The van der Waals surface area contributed by atoms with E-state index in [1.165, 1.54) is 84.2 Å². The first kappa shape index (κ1) is 43.8. The van der Waals surface area contributed by atoms with Gasteiger partial charge in [-0.05, 0) is 111 Å². The first-order valence-corrected chi connectivity index (χ1v) is 17.4. The number of allylic oxidation sites excluding steroid dienone is 2. The Hall–Kier alpha value is -3.21. The molecular formula is C42H60F4O. The van der Waals surface area contributed by atoms with Gasteiger partial charge in [0.25, 0.3) is 0 Å². The van der Waals surface area contributed by atoms with Crippen molar-refractivity contribution in [3.8, 4) is 0 Å². The van der Waals surface area contributed by atoms with Gasteiger partial charge in [-0.2, -0.15) is 13.2 Å². The zero-order chi connectivity index (χ0) is 36.0. The van der Waals surface area contributed by atoms with Gasteiger partial charge in [-0.15, -0.1) is 0 Å². The normalized spacial score (nSPS) is 11.3. The molecule has 3 rings (SSSR count). The predicted octanol–water partition coefficient (Wildman–Crippen LogP) is 14.1. The van der Waals surface area contributed by atoms with Gasteiger partial charge in [0.05, 0.1) is 5.56 Å². The van der Waals surface area contributed by atoms with Crippen LogP contribution in [-0.2, 0) is 19.0 Å². The summed E-state index contributed by atoms with van der Waals surface area (Å²) in [6, 6.07) is 17.8. The lowest BCUT2D eigenvalue weighted by atomic mass is 9.91. The second-order valence-corrected chi connectivity index (χ2v) is 12.2. The molecule has 0 aliphatic heterocycles. The minimum absolute atomic E-state index is 0.139. The molecule has 262 valence electrons. The van der Waals surface area contributed by atoms with Crippen LogP contribution >= 0.6 is 0 Å². The predicted molar refractivity (Wildman–Crippen MR) is 195 cm³/mol. The fourth-order valence-electron chi connectivity index (χ4n) is 5.19.